The number of amides is 2. The highest BCUT2D eigenvalue weighted by atomic mass is 19.1. The molecule has 0 saturated carbocycles. The second-order valence-electron chi connectivity index (χ2n) is 6.74. The minimum Gasteiger partial charge on any atom is -0.335 e. The van der Waals surface area contributed by atoms with E-state index in [2.05, 4.69) is 15.5 Å². The van der Waals surface area contributed by atoms with E-state index in [0.29, 0.717) is 37.6 Å². The molecule has 8 heteroatoms. The van der Waals surface area contributed by atoms with Crippen LogP contribution in [0.5, 0.6) is 0 Å². The van der Waals surface area contributed by atoms with Crippen LogP contribution >= 0.6 is 0 Å². The van der Waals surface area contributed by atoms with Gasteiger partial charge in [-0.2, -0.15) is 5.10 Å². The Hall–Kier alpha value is -3.26. The second kappa shape index (κ2) is 7.77. The van der Waals surface area contributed by atoms with E-state index in [1.807, 2.05) is 29.2 Å². The highest BCUT2D eigenvalue weighted by Gasteiger charge is 2.25. The third-order valence-corrected chi connectivity index (χ3v) is 4.83. The van der Waals surface area contributed by atoms with Gasteiger partial charge in [-0.1, -0.05) is 18.2 Å². The Labute approximate surface area is 161 Å². The number of para-hydroxylation sites is 1. The first-order valence-corrected chi connectivity index (χ1v) is 9.10. The smallest absolute Gasteiger partial charge is 0.275 e. The zero-order valence-electron chi connectivity index (χ0n) is 15.2. The number of halogens is 1. The van der Waals surface area contributed by atoms with E-state index in [-0.39, 0.29) is 24.2 Å². The van der Waals surface area contributed by atoms with Crippen LogP contribution in [-0.4, -0.2) is 64.5 Å². The first kappa shape index (κ1) is 18.1. The van der Waals surface area contributed by atoms with Gasteiger partial charge in [0.15, 0.2) is 5.69 Å². The molecule has 0 atom stereocenters. The monoisotopic (exact) mass is 381 g/mol. The molecule has 1 saturated heterocycles. The quantitative estimate of drug-likeness (QED) is 0.725. The molecule has 2 aromatic carbocycles. The number of aromatic amines is 1. The number of nitrogens with zero attached hydrogens (tertiary/aromatic N) is 3. The van der Waals surface area contributed by atoms with Gasteiger partial charge in [-0.15, -0.1) is 0 Å². The van der Waals surface area contributed by atoms with Gasteiger partial charge in [-0.3, -0.25) is 19.6 Å². The fraction of sp³-hybridized carbons (Fsp3) is 0.250. The summed E-state index contributed by atoms with van der Waals surface area (Å²) in [4.78, 5) is 28.7. The molecule has 4 rings (SSSR count). The number of hydrogen-bond acceptors (Lipinski definition) is 4. The number of H-pyrrole nitrogens is 1. The van der Waals surface area contributed by atoms with Gasteiger partial charge in [0, 0.05) is 37.3 Å². The van der Waals surface area contributed by atoms with Crippen LogP contribution in [0.25, 0.3) is 10.9 Å². The van der Waals surface area contributed by atoms with E-state index in [0.717, 1.165) is 10.9 Å². The Morgan fingerprint density at radius 1 is 1.04 bits per heavy atom. The lowest BCUT2D eigenvalue weighted by Gasteiger charge is -2.34. The number of nitrogens with one attached hydrogen (secondary N) is 2. The van der Waals surface area contributed by atoms with Gasteiger partial charge in [-0.05, 0) is 30.3 Å². The molecule has 28 heavy (non-hydrogen) atoms. The van der Waals surface area contributed by atoms with E-state index < -0.39 is 0 Å². The molecule has 2 N–H and O–H groups in total. The fourth-order valence-corrected chi connectivity index (χ4v) is 3.32. The highest BCUT2D eigenvalue weighted by Crippen LogP contribution is 2.18. The Kier molecular flexibility index (Phi) is 5.03. The maximum Gasteiger partial charge on any atom is 0.275 e. The van der Waals surface area contributed by atoms with Crippen molar-refractivity contribution < 1.29 is 14.0 Å². The summed E-state index contributed by atoms with van der Waals surface area (Å²) < 4.78 is 12.9. The summed E-state index contributed by atoms with van der Waals surface area (Å²) in [5.74, 6) is -0.610. The van der Waals surface area contributed by atoms with Crippen molar-refractivity contribution >= 4 is 28.4 Å². The average molecular weight is 381 g/mol. The summed E-state index contributed by atoms with van der Waals surface area (Å²) in [6.07, 6.45) is 0. The number of anilines is 1. The van der Waals surface area contributed by atoms with Crippen molar-refractivity contribution in [2.24, 2.45) is 0 Å². The molecular formula is C20H20FN5O2. The number of benzene rings is 2. The Bertz CT molecular complexity index is 993. The van der Waals surface area contributed by atoms with Gasteiger partial charge < -0.3 is 10.2 Å². The number of hydrogen-bond donors (Lipinski definition) is 2. The van der Waals surface area contributed by atoms with Crippen LogP contribution in [-0.2, 0) is 4.79 Å². The molecule has 0 radical (unpaired) electrons. The van der Waals surface area contributed by atoms with Crippen LogP contribution in [0, 0.1) is 5.82 Å². The molecule has 0 spiro atoms. The zero-order valence-corrected chi connectivity index (χ0v) is 15.2. The molecule has 7 nitrogen and oxygen atoms in total. The third-order valence-electron chi connectivity index (χ3n) is 4.83. The molecule has 0 aliphatic carbocycles. The predicted molar refractivity (Wildman–Crippen MR) is 103 cm³/mol. The van der Waals surface area contributed by atoms with Crippen molar-refractivity contribution in [2.45, 2.75) is 0 Å². The van der Waals surface area contributed by atoms with Crippen molar-refractivity contribution in [1.82, 2.24) is 20.0 Å². The first-order chi connectivity index (χ1) is 13.6. The van der Waals surface area contributed by atoms with Crippen molar-refractivity contribution in [3.8, 4) is 0 Å². The average Bonchev–Trinajstić information content (AvgIpc) is 3.14. The summed E-state index contributed by atoms with van der Waals surface area (Å²) in [6.45, 7) is 2.49. The predicted octanol–water partition coefficient (Wildman–Crippen LogP) is 2.10. The molecule has 1 aliphatic rings. The van der Waals surface area contributed by atoms with E-state index in [4.69, 9.17) is 0 Å². The van der Waals surface area contributed by atoms with Crippen LogP contribution in [0.3, 0.4) is 0 Å². The molecular weight excluding hydrogens is 361 g/mol. The molecule has 3 aromatic rings. The highest BCUT2D eigenvalue weighted by molar-refractivity contribution is 6.04. The van der Waals surface area contributed by atoms with Crippen LogP contribution in [0.15, 0.2) is 48.5 Å². The van der Waals surface area contributed by atoms with Crippen molar-refractivity contribution in [3.05, 3.63) is 60.0 Å². The maximum atomic E-state index is 12.9. The van der Waals surface area contributed by atoms with Crippen LogP contribution in [0.2, 0.25) is 0 Å². The van der Waals surface area contributed by atoms with Gasteiger partial charge >= 0.3 is 0 Å². The van der Waals surface area contributed by atoms with E-state index in [1.165, 1.54) is 24.3 Å². The van der Waals surface area contributed by atoms with Gasteiger partial charge in [0.25, 0.3) is 5.91 Å². The zero-order chi connectivity index (χ0) is 19.5. The van der Waals surface area contributed by atoms with Crippen molar-refractivity contribution in [3.63, 3.8) is 0 Å². The molecule has 144 valence electrons. The Balaban J connectivity index is 1.31. The lowest BCUT2D eigenvalue weighted by molar-refractivity contribution is -0.117. The summed E-state index contributed by atoms with van der Waals surface area (Å²) in [7, 11) is 0. The molecule has 0 unspecified atom stereocenters. The Morgan fingerprint density at radius 3 is 2.50 bits per heavy atom. The van der Waals surface area contributed by atoms with Crippen LogP contribution in [0.1, 0.15) is 10.5 Å². The van der Waals surface area contributed by atoms with E-state index in [1.54, 1.807) is 4.90 Å². The minimum atomic E-state index is -0.344. The lowest BCUT2D eigenvalue weighted by atomic mass is 10.2. The van der Waals surface area contributed by atoms with Gasteiger partial charge in [0.05, 0.1) is 12.1 Å². The standard InChI is InChI=1S/C20H20FN5O2/c21-14-5-7-15(8-6-14)22-18(27)13-25-9-11-26(12-10-25)20(28)19-16-3-1-2-4-17(16)23-24-19/h1-8H,9-13H2,(H,22,27)(H,23,24). The molecule has 1 aliphatic heterocycles. The third kappa shape index (κ3) is 3.86. The Morgan fingerprint density at radius 2 is 1.75 bits per heavy atom. The summed E-state index contributed by atoms with van der Waals surface area (Å²) in [5.41, 5.74) is 1.82. The van der Waals surface area contributed by atoms with Crippen molar-refractivity contribution in [1.29, 1.82) is 0 Å². The molecule has 2 heterocycles. The second-order valence-corrected chi connectivity index (χ2v) is 6.74. The molecule has 1 fully saturated rings. The number of rotatable bonds is 4. The van der Waals surface area contributed by atoms with Gasteiger partial charge in [0.1, 0.15) is 5.82 Å². The van der Waals surface area contributed by atoms with Crippen LogP contribution < -0.4 is 5.32 Å². The topological polar surface area (TPSA) is 81.3 Å². The summed E-state index contributed by atoms with van der Waals surface area (Å²) in [5, 5.41) is 10.6. The maximum absolute atomic E-state index is 12.9. The van der Waals surface area contributed by atoms with Gasteiger partial charge in [0.2, 0.25) is 5.91 Å². The van der Waals surface area contributed by atoms with Crippen molar-refractivity contribution in [2.75, 3.05) is 38.0 Å². The summed E-state index contributed by atoms with van der Waals surface area (Å²) >= 11 is 0. The summed E-state index contributed by atoms with van der Waals surface area (Å²) in [6, 6.07) is 13.2. The number of carbonyl (C=O) groups is 2. The number of aromatic nitrogens is 2. The largest absolute Gasteiger partial charge is 0.335 e. The van der Waals surface area contributed by atoms with E-state index in [9.17, 15) is 14.0 Å². The molecule has 1 aromatic heterocycles. The van der Waals surface area contributed by atoms with E-state index >= 15 is 0 Å². The number of piperazine rings is 1. The van der Waals surface area contributed by atoms with Gasteiger partial charge in [-0.25, -0.2) is 4.39 Å². The minimum absolute atomic E-state index is 0.104. The fourth-order valence-electron chi connectivity index (χ4n) is 3.32. The molecule has 0 bridgehead atoms. The SMILES string of the molecule is O=C(CN1CCN(C(=O)c2n[nH]c3ccccc23)CC1)Nc1ccc(F)cc1. The lowest BCUT2D eigenvalue weighted by Crippen LogP contribution is -2.50. The molecule has 2 amide bonds. The van der Waals surface area contributed by atoms with Crippen LogP contribution in [0.4, 0.5) is 10.1 Å². The number of carbonyl (C=O) groups excluding carboxylic acids is 2. The normalized spacial score (nSPS) is 15.0. The number of fused-ring (bicyclic) bond motifs is 1. The first-order valence-electron chi connectivity index (χ1n) is 9.10.